The Hall–Kier alpha value is -1.60. The zero-order chi connectivity index (χ0) is 12.5. The lowest BCUT2D eigenvalue weighted by atomic mass is 10.3. The van der Waals surface area contributed by atoms with E-state index < -0.39 is 10.0 Å². The van der Waals surface area contributed by atoms with Crippen molar-refractivity contribution < 1.29 is 8.42 Å². The Morgan fingerprint density at radius 2 is 2.24 bits per heavy atom. The Labute approximate surface area is 103 Å². The van der Waals surface area contributed by atoms with E-state index in [1.807, 2.05) is 0 Å². The van der Waals surface area contributed by atoms with Gasteiger partial charge in [-0.2, -0.15) is 0 Å². The molecule has 3 N–H and O–H groups in total. The number of thiophene rings is 1. The van der Waals surface area contributed by atoms with E-state index in [0.717, 1.165) is 16.9 Å². The predicted octanol–water partition coefficient (Wildman–Crippen LogP) is 1.83. The van der Waals surface area contributed by atoms with Crippen molar-refractivity contribution in [1.82, 2.24) is 4.98 Å². The molecule has 0 amide bonds. The van der Waals surface area contributed by atoms with Crippen molar-refractivity contribution in [3.63, 3.8) is 0 Å². The first-order valence-corrected chi connectivity index (χ1v) is 7.13. The molecule has 0 aliphatic heterocycles. The van der Waals surface area contributed by atoms with E-state index in [-0.39, 0.29) is 4.21 Å². The molecule has 5 nitrogen and oxygen atoms in total. The minimum atomic E-state index is -3.55. The van der Waals surface area contributed by atoms with Crippen LogP contribution in [0.25, 0.3) is 0 Å². The summed E-state index contributed by atoms with van der Waals surface area (Å²) in [6.45, 7) is 1.79. The molecular formula is C10H11N3O2S2. The molecule has 0 unspecified atom stereocenters. The molecule has 0 atom stereocenters. The Bertz CT molecular complexity index is 635. The highest BCUT2D eigenvalue weighted by Crippen LogP contribution is 2.24. The Kier molecular flexibility index (Phi) is 3.03. The summed E-state index contributed by atoms with van der Waals surface area (Å²) in [6.07, 6.45) is 3.13. The zero-order valence-corrected chi connectivity index (χ0v) is 10.7. The molecule has 0 aromatic carbocycles. The molecule has 2 heterocycles. The van der Waals surface area contributed by atoms with Gasteiger partial charge < -0.3 is 5.73 Å². The van der Waals surface area contributed by atoms with Crippen LogP contribution in [0.4, 0.5) is 11.4 Å². The Morgan fingerprint density at radius 3 is 2.82 bits per heavy atom. The molecule has 2 aromatic heterocycles. The number of nitrogens with zero attached hydrogens (tertiary/aromatic N) is 1. The molecule has 7 heteroatoms. The number of pyridine rings is 1. The van der Waals surface area contributed by atoms with Crippen molar-refractivity contribution in [3.05, 3.63) is 35.5 Å². The van der Waals surface area contributed by atoms with E-state index in [9.17, 15) is 8.42 Å². The first-order chi connectivity index (χ1) is 7.99. The molecule has 90 valence electrons. The average Bonchev–Trinajstić information content (AvgIpc) is 2.69. The van der Waals surface area contributed by atoms with Gasteiger partial charge in [0.25, 0.3) is 10.0 Å². The second kappa shape index (κ2) is 4.34. The van der Waals surface area contributed by atoms with Crippen LogP contribution in [0, 0.1) is 6.92 Å². The van der Waals surface area contributed by atoms with Gasteiger partial charge in [-0.05, 0) is 24.6 Å². The first-order valence-electron chi connectivity index (χ1n) is 4.76. The average molecular weight is 269 g/mol. The van der Waals surface area contributed by atoms with Gasteiger partial charge in [-0.3, -0.25) is 9.71 Å². The van der Waals surface area contributed by atoms with Crippen LogP contribution >= 0.6 is 11.3 Å². The molecule has 0 aliphatic carbocycles. The molecule has 0 fully saturated rings. The van der Waals surface area contributed by atoms with E-state index >= 15 is 0 Å². The van der Waals surface area contributed by atoms with Crippen molar-refractivity contribution in [2.45, 2.75) is 11.1 Å². The van der Waals surface area contributed by atoms with Gasteiger partial charge in [0.15, 0.2) is 0 Å². The van der Waals surface area contributed by atoms with Crippen LogP contribution in [0.1, 0.15) is 5.56 Å². The third kappa shape index (κ3) is 2.56. The van der Waals surface area contributed by atoms with Crippen LogP contribution in [0.15, 0.2) is 34.1 Å². The van der Waals surface area contributed by atoms with E-state index in [0.29, 0.717) is 11.4 Å². The molecular weight excluding hydrogens is 258 g/mol. The zero-order valence-electron chi connectivity index (χ0n) is 9.04. The smallest absolute Gasteiger partial charge is 0.271 e. The largest absolute Gasteiger partial charge is 0.398 e. The number of hydrogen-bond donors (Lipinski definition) is 2. The van der Waals surface area contributed by atoms with Crippen molar-refractivity contribution in [2.24, 2.45) is 0 Å². The van der Waals surface area contributed by atoms with Crippen LogP contribution < -0.4 is 10.5 Å². The number of aryl methyl sites for hydroxylation is 1. The monoisotopic (exact) mass is 269 g/mol. The quantitative estimate of drug-likeness (QED) is 0.890. The number of nitrogens with one attached hydrogen (secondary N) is 1. The van der Waals surface area contributed by atoms with Crippen LogP contribution in [0.3, 0.4) is 0 Å². The van der Waals surface area contributed by atoms with Gasteiger partial charge in [-0.25, -0.2) is 8.42 Å². The standard InChI is InChI=1S/C10H11N3O2S2/c1-7-5-12-3-2-9(7)13-17(14,15)10-4-8(11)6-16-10/h2-6H,11H2,1H3,(H,12,13). The summed E-state index contributed by atoms with van der Waals surface area (Å²) < 4.78 is 26.7. The summed E-state index contributed by atoms with van der Waals surface area (Å²) >= 11 is 1.09. The summed E-state index contributed by atoms with van der Waals surface area (Å²) in [7, 11) is -3.55. The molecule has 0 aliphatic rings. The highest BCUT2D eigenvalue weighted by Gasteiger charge is 2.17. The summed E-state index contributed by atoms with van der Waals surface area (Å²) in [5.74, 6) is 0. The SMILES string of the molecule is Cc1cnccc1NS(=O)(=O)c1cc(N)cs1. The lowest BCUT2D eigenvalue weighted by molar-refractivity contribution is 0.603. The molecule has 0 saturated carbocycles. The lowest BCUT2D eigenvalue weighted by Crippen LogP contribution is -2.12. The summed E-state index contributed by atoms with van der Waals surface area (Å²) in [6, 6.07) is 3.05. The highest BCUT2D eigenvalue weighted by molar-refractivity contribution is 7.94. The number of aromatic nitrogens is 1. The third-order valence-electron chi connectivity index (χ3n) is 2.13. The van der Waals surface area contributed by atoms with E-state index in [1.165, 1.54) is 12.3 Å². The van der Waals surface area contributed by atoms with Crippen LogP contribution in [-0.2, 0) is 10.0 Å². The molecule has 2 aromatic rings. The van der Waals surface area contributed by atoms with Gasteiger partial charge in [0, 0.05) is 23.5 Å². The fraction of sp³-hybridized carbons (Fsp3) is 0.100. The fourth-order valence-electron chi connectivity index (χ4n) is 1.25. The minimum absolute atomic E-state index is 0.200. The maximum atomic E-state index is 12.0. The fourth-order valence-corrected chi connectivity index (χ4v) is 3.46. The van der Waals surface area contributed by atoms with Crippen molar-refractivity contribution in [2.75, 3.05) is 10.5 Å². The molecule has 0 radical (unpaired) electrons. The van der Waals surface area contributed by atoms with Crippen LogP contribution in [0.2, 0.25) is 0 Å². The molecule has 0 bridgehead atoms. The summed E-state index contributed by atoms with van der Waals surface area (Å²) in [4.78, 5) is 3.90. The Balaban J connectivity index is 2.33. The molecule has 2 rings (SSSR count). The van der Waals surface area contributed by atoms with Crippen LogP contribution in [0.5, 0.6) is 0 Å². The van der Waals surface area contributed by atoms with Gasteiger partial charge in [0.05, 0.1) is 5.69 Å². The number of nitrogens with two attached hydrogens (primary N) is 1. The van der Waals surface area contributed by atoms with E-state index in [2.05, 4.69) is 9.71 Å². The number of hydrogen-bond acceptors (Lipinski definition) is 5. The second-order valence-electron chi connectivity index (χ2n) is 3.50. The third-order valence-corrected chi connectivity index (χ3v) is 4.95. The molecule has 0 saturated heterocycles. The Morgan fingerprint density at radius 1 is 1.47 bits per heavy atom. The maximum absolute atomic E-state index is 12.0. The normalized spacial score (nSPS) is 11.4. The second-order valence-corrected chi connectivity index (χ2v) is 6.32. The molecule has 17 heavy (non-hydrogen) atoms. The van der Waals surface area contributed by atoms with E-state index in [4.69, 9.17) is 5.73 Å². The van der Waals surface area contributed by atoms with Crippen molar-refractivity contribution in [3.8, 4) is 0 Å². The molecule has 0 spiro atoms. The first kappa shape index (κ1) is 11.9. The number of nitrogen functional groups attached to an aromatic ring is 1. The van der Waals surface area contributed by atoms with Crippen LogP contribution in [-0.4, -0.2) is 13.4 Å². The number of sulfonamides is 1. The van der Waals surface area contributed by atoms with Gasteiger partial charge in [0.1, 0.15) is 4.21 Å². The van der Waals surface area contributed by atoms with Gasteiger partial charge in [-0.15, -0.1) is 11.3 Å². The highest BCUT2D eigenvalue weighted by atomic mass is 32.2. The van der Waals surface area contributed by atoms with E-state index in [1.54, 1.807) is 24.6 Å². The summed E-state index contributed by atoms with van der Waals surface area (Å²) in [5.41, 5.74) is 7.24. The predicted molar refractivity (Wildman–Crippen MR) is 68.5 cm³/mol. The number of rotatable bonds is 3. The van der Waals surface area contributed by atoms with Gasteiger partial charge in [-0.1, -0.05) is 0 Å². The van der Waals surface area contributed by atoms with Crippen molar-refractivity contribution >= 4 is 32.7 Å². The lowest BCUT2D eigenvalue weighted by Gasteiger charge is -2.07. The summed E-state index contributed by atoms with van der Waals surface area (Å²) in [5, 5.41) is 1.59. The van der Waals surface area contributed by atoms with Gasteiger partial charge >= 0.3 is 0 Å². The van der Waals surface area contributed by atoms with Crippen molar-refractivity contribution in [1.29, 1.82) is 0 Å². The van der Waals surface area contributed by atoms with Gasteiger partial charge in [0.2, 0.25) is 0 Å². The topological polar surface area (TPSA) is 85.1 Å². The number of anilines is 2. The minimum Gasteiger partial charge on any atom is -0.398 e. The maximum Gasteiger partial charge on any atom is 0.271 e.